The molecule has 2 fully saturated rings. The van der Waals surface area contributed by atoms with E-state index in [1.54, 1.807) is 19.1 Å². The first-order valence-corrected chi connectivity index (χ1v) is 17.8. The molecule has 0 saturated heterocycles. The summed E-state index contributed by atoms with van der Waals surface area (Å²) in [5.74, 6) is 0.735. The predicted octanol–water partition coefficient (Wildman–Crippen LogP) is 5.63. The van der Waals surface area contributed by atoms with Crippen LogP contribution in [0.15, 0.2) is 48.6 Å². The molecule has 7 rings (SSSR count). The highest BCUT2D eigenvalue weighted by Crippen LogP contribution is 2.47. The summed E-state index contributed by atoms with van der Waals surface area (Å²) < 4.78 is 35.9. The molecule has 1 spiro atoms. The third kappa shape index (κ3) is 5.48. The molecule has 2 aromatic rings. The Morgan fingerprint density at radius 3 is 2.65 bits per heavy atom. The minimum absolute atomic E-state index is 0.0979. The Labute approximate surface area is 259 Å². The average Bonchev–Trinajstić information content (AvgIpc) is 3.81. The lowest BCUT2D eigenvalue weighted by Crippen LogP contribution is -2.49. The third-order valence-electron chi connectivity index (χ3n) is 11.0. The number of nitrogens with zero attached hydrogens (tertiary/aromatic N) is 1. The Morgan fingerprint density at radius 1 is 1.07 bits per heavy atom. The Balaban J connectivity index is 1.28. The number of hydrogen-bond acceptors (Lipinski definition) is 6. The molecule has 2 bridgehead atoms. The average molecular weight is 625 g/mol. The maximum Gasteiger partial charge on any atom is 0.264 e. The van der Waals surface area contributed by atoms with Crippen molar-refractivity contribution in [2.75, 3.05) is 24.6 Å². The van der Waals surface area contributed by atoms with Gasteiger partial charge in [-0.2, -0.15) is 0 Å². The maximum atomic E-state index is 13.5. The Bertz CT molecular complexity index is 1560. The number of fused-ring (bicyclic) bond motifs is 4. The summed E-state index contributed by atoms with van der Waals surface area (Å²) in [6.07, 6.45) is 10.8. The number of nitrogens with one attached hydrogen (secondary N) is 1. The second kappa shape index (κ2) is 11.1. The first kappa shape index (κ1) is 29.2. The zero-order chi connectivity index (χ0) is 29.9. The van der Waals surface area contributed by atoms with Gasteiger partial charge in [0.15, 0.2) is 0 Å². The molecule has 2 saturated carbocycles. The Kier molecular flexibility index (Phi) is 7.54. The number of rotatable bonds is 1. The van der Waals surface area contributed by atoms with Crippen molar-refractivity contribution in [1.29, 1.82) is 0 Å². The monoisotopic (exact) mass is 624 g/mol. The van der Waals surface area contributed by atoms with Gasteiger partial charge in [0.25, 0.3) is 5.91 Å². The fourth-order valence-electron chi connectivity index (χ4n) is 8.13. The fourth-order valence-corrected chi connectivity index (χ4v) is 9.68. The lowest BCUT2D eigenvalue weighted by molar-refractivity contribution is 0.0455. The van der Waals surface area contributed by atoms with Crippen LogP contribution in [0, 0.1) is 23.7 Å². The molecular formula is C34H41ClN2O5S. The number of aliphatic hydroxyl groups excluding tert-OH is 1. The van der Waals surface area contributed by atoms with E-state index >= 15 is 0 Å². The van der Waals surface area contributed by atoms with Crippen LogP contribution in [0.2, 0.25) is 5.02 Å². The Hall–Kier alpha value is -2.55. The third-order valence-corrected chi connectivity index (χ3v) is 13.0. The van der Waals surface area contributed by atoms with Gasteiger partial charge in [-0.05, 0) is 123 Å². The van der Waals surface area contributed by atoms with Crippen molar-refractivity contribution in [3.63, 3.8) is 0 Å². The number of aliphatic hydroxyl groups is 1. The van der Waals surface area contributed by atoms with Crippen LogP contribution < -0.4 is 14.4 Å². The normalized spacial score (nSPS) is 34.5. The lowest BCUT2D eigenvalue weighted by Gasteiger charge is -2.45. The van der Waals surface area contributed by atoms with E-state index in [0.717, 1.165) is 62.2 Å². The molecule has 230 valence electrons. The van der Waals surface area contributed by atoms with Crippen molar-refractivity contribution < 1.29 is 23.1 Å². The van der Waals surface area contributed by atoms with Crippen LogP contribution >= 0.6 is 11.6 Å². The maximum absolute atomic E-state index is 13.5. The summed E-state index contributed by atoms with van der Waals surface area (Å²) in [4.78, 5) is 15.8. The van der Waals surface area contributed by atoms with E-state index in [1.165, 1.54) is 11.1 Å². The van der Waals surface area contributed by atoms with Gasteiger partial charge in [-0.25, -0.2) is 13.1 Å². The molecule has 3 aliphatic carbocycles. The second-order valence-electron chi connectivity index (χ2n) is 13.6. The van der Waals surface area contributed by atoms with E-state index in [0.29, 0.717) is 42.7 Å². The number of amides is 1. The molecule has 1 amide bonds. The predicted molar refractivity (Wildman–Crippen MR) is 168 cm³/mol. The van der Waals surface area contributed by atoms with Crippen LogP contribution in [-0.4, -0.2) is 50.5 Å². The van der Waals surface area contributed by atoms with Crippen LogP contribution in [0.1, 0.15) is 73.4 Å². The van der Waals surface area contributed by atoms with Crippen molar-refractivity contribution >= 4 is 33.2 Å². The van der Waals surface area contributed by atoms with Gasteiger partial charge in [0.05, 0.1) is 23.6 Å². The molecule has 6 atom stereocenters. The second-order valence-corrected chi connectivity index (χ2v) is 16.1. The van der Waals surface area contributed by atoms with E-state index in [2.05, 4.69) is 21.8 Å². The van der Waals surface area contributed by atoms with Gasteiger partial charge >= 0.3 is 0 Å². The number of halogens is 1. The number of aryl methyl sites for hydroxylation is 1. The molecule has 9 heteroatoms. The zero-order valence-electron chi connectivity index (χ0n) is 24.7. The molecule has 3 unspecified atom stereocenters. The molecule has 2 N–H and O–H groups in total. The molecule has 2 heterocycles. The fraction of sp³-hybridized carbons (Fsp3) is 0.559. The summed E-state index contributed by atoms with van der Waals surface area (Å²) in [6.45, 7) is 3.63. The van der Waals surface area contributed by atoms with Gasteiger partial charge in [0.1, 0.15) is 5.75 Å². The summed E-state index contributed by atoms with van der Waals surface area (Å²) in [5.41, 5.74) is 3.37. The first-order valence-electron chi connectivity index (χ1n) is 15.8. The highest BCUT2D eigenvalue weighted by atomic mass is 35.5. The largest absolute Gasteiger partial charge is 0.490 e. The number of benzene rings is 2. The van der Waals surface area contributed by atoms with Crippen LogP contribution in [0.5, 0.6) is 5.75 Å². The number of hydrogen-bond donors (Lipinski definition) is 2. The van der Waals surface area contributed by atoms with Gasteiger partial charge in [-0.1, -0.05) is 29.8 Å². The smallest absolute Gasteiger partial charge is 0.264 e. The van der Waals surface area contributed by atoms with Crippen molar-refractivity contribution in [1.82, 2.24) is 4.72 Å². The van der Waals surface area contributed by atoms with Gasteiger partial charge in [-0.15, -0.1) is 0 Å². The van der Waals surface area contributed by atoms with E-state index in [9.17, 15) is 18.3 Å². The van der Waals surface area contributed by atoms with E-state index in [1.807, 2.05) is 24.3 Å². The van der Waals surface area contributed by atoms with Gasteiger partial charge in [0, 0.05) is 29.1 Å². The molecular weight excluding hydrogens is 584 g/mol. The zero-order valence-corrected chi connectivity index (χ0v) is 26.2. The topological polar surface area (TPSA) is 95.9 Å². The van der Waals surface area contributed by atoms with Gasteiger partial charge in [0.2, 0.25) is 10.0 Å². The molecule has 5 aliphatic rings. The van der Waals surface area contributed by atoms with Crippen molar-refractivity contribution in [2.45, 2.75) is 75.1 Å². The van der Waals surface area contributed by atoms with Crippen LogP contribution in [0.4, 0.5) is 5.69 Å². The summed E-state index contributed by atoms with van der Waals surface area (Å²) in [6, 6.07) is 11.5. The van der Waals surface area contributed by atoms with Crippen LogP contribution in [-0.2, 0) is 21.9 Å². The first-order chi connectivity index (χ1) is 20.6. The number of sulfonamides is 1. The van der Waals surface area contributed by atoms with Crippen LogP contribution in [0.3, 0.4) is 0 Å². The molecule has 2 aromatic carbocycles. The minimum Gasteiger partial charge on any atom is -0.490 e. The quantitative estimate of drug-likeness (QED) is 0.399. The standard InChI is InChI=1S/C34H41ClN2O5S/c1-21-27(22-7-8-22)5-2-6-31(38)28-12-9-25(28)18-37-19-34(15-3-4-23-16-26(35)11-13-29(23)34)20-42-32-14-10-24(17-30(32)37)33(39)36-43(21,40)41/h2,6,10-11,13-14,16-17,21-22,25,27-28,31,38H,3-5,7-9,12,15,18-20H2,1H3,(H,36,39)/b6-2+/t21-,25?,27?,28?,31-,34-/m0/s1. The number of anilines is 1. The molecule has 0 radical (unpaired) electrons. The summed E-state index contributed by atoms with van der Waals surface area (Å²) >= 11 is 6.40. The van der Waals surface area contributed by atoms with E-state index < -0.39 is 27.3 Å². The van der Waals surface area contributed by atoms with Crippen LogP contribution in [0.25, 0.3) is 0 Å². The molecule has 43 heavy (non-hydrogen) atoms. The SMILES string of the molecule is C[C@H]1C(C2CC2)C/C=C/[C@H](O)C2CCC2CN2C[C@@]3(CCCc4cc(Cl)ccc43)COc3ccc(cc32)C(=O)NS1(=O)=O. The molecule has 2 aliphatic heterocycles. The highest BCUT2D eigenvalue weighted by Gasteiger charge is 2.45. The van der Waals surface area contributed by atoms with Crippen molar-refractivity contribution in [3.05, 3.63) is 70.3 Å². The van der Waals surface area contributed by atoms with Crippen molar-refractivity contribution in [3.8, 4) is 5.75 Å². The summed E-state index contributed by atoms with van der Waals surface area (Å²) in [5, 5.41) is 11.3. The minimum atomic E-state index is -3.92. The number of allylic oxidation sites excluding steroid dienone is 1. The van der Waals surface area contributed by atoms with Gasteiger partial charge in [-0.3, -0.25) is 4.79 Å². The highest BCUT2D eigenvalue weighted by molar-refractivity contribution is 7.90. The van der Waals surface area contributed by atoms with E-state index in [4.69, 9.17) is 16.3 Å². The number of carbonyl (C=O) groups is 1. The molecule has 7 nitrogen and oxygen atoms in total. The number of carbonyl (C=O) groups excluding carboxylic acids is 1. The molecule has 0 aromatic heterocycles. The summed E-state index contributed by atoms with van der Waals surface area (Å²) in [7, 11) is -3.92. The lowest BCUT2D eigenvalue weighted by atomic mass is 9.68. The van der Waals surface area contributed by atoms with Gasteiger partial charge < -0.3 is 14.7 Å². The Morgan fingerprint density at radius 2 is 1.88 bits per heavy atom. The number of ether oxygens (including phenoxy) is 1. The van der Waals surface area contributed by atoms with E-state index in [-0.39, 0.29) is 17.3 Å². The van der Waals surface area contributed by atoms with Crippen molar-refractivity contribution in [2.24, 2.45) is 23.7 Å².